The molecule has 0 radical (unpaired) electrons. The molecule has 1 N–H and O–H groups in total. The van der Waals surface area contributed by atoms with Crippen LogP contribution in [-0.2, 0) is 30.3 Å². The Kier molecular flexibility index (Phi) is 7.79. The minimum Gasteiger partial charge on any atom is -0.455 e. The van der Waals surface area contributed by atoms with Crippen LogP contribution in [0.15, 0.2) is 24.3 Å². The summed E-state index contributed by atoms with van der Waals surface area (Å²) >= 11 is 0. The molecule has 2 rings (SSSR count). The number of rotatable bonds is 6. The highest BCUT2D eigenvalue weighted by molar-refractivity contribution is 5.88. The summed E-state index contributed by atoms with van der Waals surface area (Å²) in [6, 6.07) is 6.81. The van der Waals surface area contributed by atoms with Crippen LogP contribution in [0.25, 0.3) is 0 Å². The Morgan fingerprint density at radius 2 is 1.57 bits per heavy atom. The smallest absolute Gasteiger partial charge is 0.409 e. The van der Waals surface area contributed by atoms with E-state index in [0.29, 0.717) is 38.5 Å². The molecule has 1 aliphatic heterocycles. The number of anilines is 1. The molecule has 1 saturated heterocycles. The Hall–Kier alpha value is -3.10. The molecule has 0 spiro atoms. The highest BCUT2D eigenvalue weighted by Gasteiger charge is 2.25. The van der Waals surface area contributed by atoms with Crippen LogP contribution in [0.5, 0.6) is 0 Å². The topological polar surface area (TPSA) is 105 Å². The van der Waals surface area contributed by atoms with Crippen molar-refractivity contribution in [1.82, 2.24) is 9.80 Å². The van der Waals surface area contributed by atoms with Crippen LogP contribution >= 0.6 is 0 Å². The molecule has 0 unspecified atom stereocenters. The van der Waals surface area contributed by atoms with E-state index in [0.717, 1.165) is 5.56 Å². The lowest BCUT2D eigenvalue weighted by Crippen LogP contribution is -2.51. The van der Waals surface area contributed by atoms with Crippen molar-refractivity contribution in [2.24, 2.45) is 0 Å². The van der Waals surface area contributed by atoms with Crippen LogP contribution in [0.4, 0.5) is 10.5 Å². The SMILES string of the molecule is CCOC(=O)N1CCN(C(=O)COC(=O)Cc2ccc(NC(C)=O)cc2)CC1. The number of piperazine rings is 1. The average Bonchev–Trinajstić information content (AvgIpc) is 2.67. The first-order valence-corrected chi connectivity index (χ1v) is 9.10. The number of hydrogen-bond donors (Lipinski definition) is 1. The van der Waals surface area contributed by atoms with Crippen LogP contribution in [-0.4, -0.2) is 73.1 Å². The van der Waals surface area contributed by atoms with Crippen LogP contribution in [0, 0.1) is 0 Å². The van der Waals surface area contributed by atoms with E-state index in [1.165, 1.54) is 6.92 Å². The van der Waals surface area contributed by atoms with Crippen molar-refractivity contribution in [3.05, 3.63) is 29.8 Å². The highest BCUT2D eigenvalue weighted by Crippen LogP contribution is 2.11. The van der Waals surface area contributed by atoms with Crippen molar-refractivity contribution in [2.75, 3.05) is 44.7 Å². The molecule has 9 heteroatoms. The fourth-order valence-corrected chi connectivity index (χ4v) is 2.71. The van der Waals surface area contributed by atoms with E-state index in [1.54, 1.807) is 41.0 Å². The van der Waals surface area contributed by atoms with Crippen molar-refractivity contribution < 1.29 is 28.7 Å². The van der Waals surface area contributed by atoms with Crippen molar-refractivity contribution in [3.8, 4) is 0 Å². The Morgan fingerprint density at radius 1 is 0.964 bits per heavy atom. The third-order valence-corrected chi connectivity index (χ3v) is 4.14. The van der Waals surface area contributed by atoms with E-state index in [4.69, 9.17) is 9.47 Å². The molecular formula is C19H25N3O6. The van der Waals surface area contributed by atoms with E-state index in [9.17, 15) is 19.2 Å². The quantitative estimate of drug-likeness (QED) is 0.726. The van der Waals surface area contributed by atoms with Crippen molar-refractivity contribution >= 4 is 29.6 Å². The number of hydrogen-bond acceptors (Lipinski definition) is 6. The average molecular weight is 391 g/mol. The van der Waals surface area contributed by atoms with Gasteiger partial charge in [0.25, 0.3) is 5.91 Å². The number of nitrogens with zero attached hydrogens (tertiary/aromatic N) is 2. The van der Waals surface area contributed by atoms with Crippen molar-refractivity contribution in [1.29, 1.82) is 0 Å². The number of nitrogens with one attached hydrogen (secondary N) is 1. The number of carbonyl (C=O) groups is 4. The molecule has 3 amide bonds. The van der Waals surface area contributed by atoms with E-state index in [1.807, 2.05) is 0 Å². The summed E-state index contributed by atoms with van der Waals surface area (Å²) in [7, 11) is 0. The second-order valence-corrected chi connectivity index (χ2v) is 6.28. The number of carbonyl (C=O) groups excluding carboxylic acids is 4. The minimum absolute atomic E-state index is 0.0320. The predicted molar refractivity (Wildman–Crippen MR) is 101 cm³/mol. The number of amides is 3. The van der Waals surface area contributed by atoms with Gasteiger partial charge in [-0.2, -0.15) is 0 Å². The maximum atomic E-state index is 12.2. The van der Waals surface area contributed by atoms with Crippen molar-refractivity contribution in [2.45, 2.75) is 20.3 Å². The number of esters is 1. The summed E-state index contributed by atoms with van der Waals surface area (Å²) in [5.74, 6) is -0.975. The van der Waals surface area contributed by atoms with Gasteiger partial charge in [0, 0.05) is 38.8 Å². The zero-order chi connectivity index (χ0) is 20.5. The first-order valence-electron chi connectivity index (χ1n) is 9.10. The second kappa shape index (κ2) is 10.3. The van der Waals surface area contributed by atoms with Gasteiger partial charge in [-0.05, 0) is 24.6 Å². The lowest BCUT2D eigenvalue weighted by molar-refractivity contribution is -0.152. The molecule has 1 aromatic rings. The third kappa shape index (κ3) is 6.57. The fraction of sp³-hybridized carbons (Fsp3) is 0.474. The molecule has 152 valence electrons. The lowest BCUT2D eigenvalue weighted by atomic mass is 10.1. The summed E-state index contributed by atoms with van der Waals surface area (Å²) < 4.78 is 10.00. The summed E-state index contributed by atoms with van der Waals surface area (Å²) in [5, 5.41) is 2.64. The van der Waals surface area contributed by atoms with Gasteiger partial charge in [0.1, 0.15) is 0 Å². The van der Waals surface area contributed by atoms with E-state index in [2.05, 4.69) is 5.32 Å². The maximum Gasteiger partial charge on any atom is 0.409 e. The molecule has 1 heterocycles. The van der Waals surface area contributed by atoms with E-state index in [-0.39, 0.29) is 30.9 Å². The van der Waals surface area contributed by atoms with Crippen LogP contribution in [0.1, 0.15) is 19.4 Å². The van der Waals surface area contributed by atoms with Gasteiger partial charge in [-0.15, -0.1) is 0 Å². The fourth-order valence-electron chi connectivity index (χ4n) is 2.71. The molecular weight excluding hydrogens is 366 g/mol. The van der Waals surface area contributed by atoms with Crippen molar-refractivity contribution in [3.63, 3.8) is 0 Å². The number of ether oxygens (including phenoxy) is 2. The zero-order valence-corrected chi connectivity index (χ0v) is 16.1. The largest absolute Gasteiger partial charge is 0.455 e. The molecule has 1 aliphatic rings. The third-order valence-electron chi connectivity index (χ3n) is 4.14. The van der Waals surface area contributed by atoms with E-state index >= 15 is 0 Å². The summed E-state index contributed by atoms with van der Waals surface area (Å²) in [6.45, 7) is 4.66. The predicted octanol–water partition coefficient (Wildman–Crippen LogP) is 1.03. The first kappa shape index (κ1) is 21.2. The second-order valence-electron chi connectivity index (χ2n) is 6.28. The molecule has 1 aromatic carbocycles. The molecule has 9 nitrogen and oxygen atoms in total. The monoisotopic (exact) mass is 391 g/mol. The molecule has 0 saturated carbocycles. The van der Waals surface area contributed by atoms with Crippen LogP contribution in [0.2, 0.25) is 0 Å². The number of benzene rings is 1. The van der Waals surface area contributed by atoms with Gasteiger partial charge in [-0.3, -0.25) is 14.4 Å². The van der Waals surface area contributed by atoms with Gasteiger partial charge in [0.2, 0.25) is 5.91 Å². The summed E-state index contributed by atoms with van der Waals surface area (Å²) in [4.78, 5) is 49.9. The van der Waals surface area contributed by atoms with Crippen LogP contribution in [0.3, 0.4) is 0 Å². The highest BCUT2D eigenvalue weighted by atomic mass is 16.6. The van der Waals surface area contributed by atoms with Crippen LogP contribution < -0.4 is 5.32 Å². The Balaban J connectivity index is 1.72. The molecule has 0 aliphatic carbocycles. The maximum absolute atomic E-state index is 12.2. The Bertz CT molecular complexity index is 711. The van der Waals surface area contributed by atoms with Gasteiger partial charge in [0.05, 0.1) is 13.0 Å². The van der Waals surface area contributed by atoms with Gasteiger partial charge in [0.15, 0.2) is 6.61 Å². The first-order chi connectivity index (χ1) is 13.4. The molecule has 28 heavy (non-hydrogen) atoms. The standard InChI is InChI=1S/C19H25N3O6/c1-3-27-19(26)22-10-8-21(9-11-22)17(24)13-28-18(25)12-15-4-6-16(7-5-15)20-14(2)23/h4-7H,3,8-13H2,1-2H3,(H,20,23). The lowest BCUT2D eigenvalue weighted by Gasteiger charge is -2.33. The molecule has 0 bridgehead atoms. The minimum atomic E-state index is -0.509. The normalized spacial score (nSPS) is 13.6. The Labute approximate surface area is 163 Å². The molecule has 0 aromatic heterocycles. The Morgan fingerprint density at radius 3 is 2.14 bits per heavy atom. The van der Waals surface area contributed by atoms with Gasteiger partial charge < -0.3 is 24.6 Å². The molecule has 1 fully saturated rings. The zero-order valence-electron chi connectivity index (χ0n) is 16.1. The van der Waals surface area contributed by atoms with Gasteiger partial charge >= 0.3 is 12.1 Å². The van der Waals surface area contributed by atoms with Gasteiger partial charge in [-0.1, -0.05) is 12.1 Å². The molecule has 0 atom stereocenters. The van der Waals surface area contributed by atoms with Gasteiger partial charge in [-0.25, -0.2) is 4.79 Å². The van der Waals surface area contributed by atoms with E-state index < -0.39 is 5.97 Å². The summed E-state index contributed by atoms with van der Waals surface area (Å²) in [5.41, 5.74) is 1.36. The summed E-state index contributed by atoms with van der Waals surface area (Å²) in [6.07, 6.45) is -0.352.